The van der Waals surface area contributed by atoms with E-state index in [0.717, 1.165) is 0 Å². The van der Waals surface area contributed by atoms with Gasteiger partial charge in [-0.3, -0.25) is 9.59 Å². The highest BCUT2D eigenvalue weighted by molar-refractivity contribution is 5.69. The largest absolute Gasteiger partial charge is 0.481 e. The first-order chi connectivity index (χ1) is 6.91. The van der Waals surface area contributed by atoms with Crippen molar-refractivity contribution < 1.29 is 23.1 Å². The first kappa shape index (κ1) is 11.3. The lowest BCUT2D eigenvalue weighted by molar-refractivity contribution is -0.136. The zero-order chi connectivity index (χ0) is 11.6. The SMILES string of the molecule is O=C(O)Cc1[nH]c(=O)cc(C(F)F)c1F. The van der Waals surface area contributed by atoms with E-state index in [0.29, 0.717) is 6.07 Å². The van der Waals surface area contributed by atoms with Crippen LogP contribution in [0.1, 0.15) is 17.7 Å². The summed E-state index contributed by atoms with van der Waals surface area (Å²) in [7, 11) is 0. The van der Waals surface area contributed by atoms with E-state index in [1.165, 1.54) is 0 Å². The number of aromatic nitrogens is 1. The Morgan fingerprint density at radius 2 is 2.13 bits per heavy atom. The van der Waals surface area contributed by atoms with Crippen molar-refractivity contribution in [2.24, 2.45) is 0 Å². The van der Waals surface area contributed by atoms with Gasteiger partial charge < -0.3 is 10.1 Å². The van der Waals surface area contributed by atoms with E-state index in [1.54, 1.807) is 0 Å². The normalized spacial score (nSPS) is 10.7. The zero-order valence-electron chi connectivity index (χ0n) is 7.26. The number of aromatic amines is 1. The summed E-state index contributed by atoms with van der Waals surface area (Å²) in [5.41, 5.74) is -2.69. The predicted molar refractivity (Wildman–Crippen MR) is 43.3 cm³/mol. The Labute approximate surface area is 81.4 Å². The van der Waals surface area contributed by atoms with Gasteiger partial charge >= 0.3 is 5.97 Å². The van der Waals surface area contributed by atoms with Crippen LogP contribution in [-0.4, -0.2) is 16.1 Å². The Morgan fingerprint density at radius 1 is 1.53 bits per heavy atom. The maximum absolute atomic E-state index is 13.2. The van der Waals surface area contributed by atoms with Crippen molar-refractivity contribution in [2.75, 3.05) is 0 Å². The molecule has 1 rings (SSSR count). The molecule has 0 saturated carbocycles. The lowest BCUT2D eigenvalue weighted by Crippen LogP contribution is -2.16. The average Bonchev–Trinajstić information content (AvgIpc) is 2.09. The van der Waals surface area contributed by atoms with Crippen LogP contribution in [-0.2, 0) is 11.2 Å². The molecule has 82 valence electrons. The van der Waals surface area contributed by atoms with Gasteiger partial charge in [0.05, 0.1) is 17.7 Å². The van der Waals surface area contributed by atoms with E-state index < -0.39 is 41.4 Å². The Balaban J connectivity index is 3.28. The van der Waals surface area contributed by atoms with Gasteiger partial charge in [-0.25, -0.2) is 13.2 Å². The van der Waals surface area contributed by atoms with Crippen LogP contribution in [0.4, 0.5) is 13.2 Å². The minimum Gasteiger partial charge on any atom is -0.481 e. The summed E-state index contributed by atoms with van der Waals surface area (Å²) in [6, 6.07) is 0.408. The molecular weight excluding hydrogens is 215 g/mol. The number of H-pyrrole nitrogens is 1. The number of halogens is 3. The lowest BCUT2D eigenvalue weighted by atomic mass is 10.2. The molecule has 0 atom stereocenters. The van der Waals surface area contributed by atoms with Crippen molar-refractivity contribution in [2.45, 2.75) is 12.8 Å². The first-order valence-electron chi connectivity index (χ1n) is 3.83. The summed E-state index contributed by atoms with van der Waals surface area (Å²) in [5, 5.41) is 8.34. The Kier molecular flexibility index (Phi) is 3.13. The maximum Gasteiger partial charge on any atom is 0.309 e. The van der Waals surface area contributed by atoms with E-state index in [1.807, 2.05) is 4.98 Å². The molecule has 0 saturated heterocycles. The minimum absolute atomic E-state index is 0.408. The fourth-order valence-corrected chi connectivity index (χ4v) is 1.05. The topological polar surface area (TPSA) is 70.2 Å². The fourth-order valence-electron chi connectivity index (χ4n) is 1.05. The van der Waals surface area contributed by atoms with E-state index in [2.05, 4.69) is 0 Å². The van der Waals surface area contributed by atoms with Crippen molar-refractivity contribution in [1.82, 2.24) is 4.98 Å². The van der Waals surface area contributed by atoms with Gasteiger partial charge in [-0.2, -0.15) is 0 Å². The summed E-state index contributed by atoms with van der Waals surface area (Å²) >= 11 is 0. The monoisotopic (exact) mass is 221 g/mol. The van der Waals surface area contributed by atoms with Crippen molar-refractivity contribution in [3.8, 4) is 0 Å². The number of alkyl halides is 2. The van der Waals surface area contributed by atoms with Crippen LogP contribution in [0.15, 0.2) is 10.9 Å². The second-order valence-electron chi connectivity index (χ2n) is 2.75. The van der Waals surface area contributed by atoms with Crippen LogP contribution < -0.4 is 5.56 Å². The van der Waals surface area contributed by atoms with E-state index >= 15 is 0 Å². The van der Waals surface area contributed by atoms with Crippen LogP contribution in [0, 0.1) is 5.82 Å². The van der Waals surface area contributed by atoms with Crippen molar-refractivity contribution in [3.05, 3.63) is 33.5 Å². The van der Waals surface area contributed by atoms with Crippen LogP contribution >= 0.6 is 0 Å². The van der Waals surface area contributed by atoms with Crippen LogP contribution in [0.25, 0.3) is 0 Å². The molecule has 0 amide bonds. The molecule has 0 fully saturated rings. The number of aliphatic carboxylic acids is 1. The summed E-state index contributed by atoms with van der Waals surface area (Å²) in [6.45, 7) is 0. The van der Waals surface area contributed by atoms with Crippen LogP contribution in [0.3, 0.4) is 0 Å². The third kappa shape index (κ3) is 2.58. The van der Waals surface area contributed by atoms with Gasteiger partial charge in [0.25, 0.3) is 6.43 Å². The molecule has 0 spiro atoms. The Bertz CT molecular complexity index is 441. The molecule has 0 aliphatic carbocycles. The molecule has 7 heteroatoms. The maximum atomic E-state index is 13.2. The molecule has 1 aromatic heterocycles. The number of rotatable bonds is 3. The molecule has 0 aliphatic rings. The van der Waals surface area contributed by atoms with Crippen molar-refractivity contribution in [3.63, 3.8) is 0 Å². The number of carboxylic acids is 1. The molecule has 0 aliphatic heterocycles. The molecule has 1 heterocycles. The number of hydrogen-bond acceptors (Lipinski definition) is 2. The zero-order valence-corrected chi connectivity index (χ0v) is 7.26. The van der Waals surface area contributed by atoms with Crippen LogP contribution in [0.5, 0.6) is 0 Å². The number of carbonyl (C=O) groups is 1. The molecule has 0 radical (unpaired) electrons. The Morgan fingerprint density at radius 3 is 2.60 bits per heavy atom. The van der Waals surface area contributed by atoms with Gasteiger partial charge in [0.2, 0.25) is 5.56 Å². The minimum atomic E-state index is -3.15. The Hall–Kier alpha value is -1.79. The number of carboxylic acid groups (broad SMARTS) is 1. The van der Waals surface area contributed by atoms with Gasteiger partial charge in [0.15, 0.2) is 5.82 Å². The standard InChI is InChI=1S/C8H6F3NO3/c9-7-3(8(10)11)1-5(13)12-4(7)2-6(14)15/h1,8H,2H2,(H,12,13)(H,14,15). The van der Waals surface area contributed by atoms with E-state index in [9.17, 15) is 22.8 Å². The highest BCUT2D eigenvalue weighted by atomic mass is 19.3. The summed E-state index contributed by atoms with van der Waals surface area (Å²) in [6.07, 6.45) is -4.00. The highest BCUT2D eigenvalue weighted by Gasteiger charge is 2.19. The van der Waals surface area contributed by atoms with Crippen LogP contribution in [0.2, 0.25) is 0 Å². The molecule has 15 heavy (non-hydrogen) atoms. The number of hydrogen-bond donors (Lipinski definition) is 2. The quantitative estimate of drug-likeness (QED) is 0.802. The lowest BCUT2D eigenvalue weighted by Gasteiger charge is -2.04. The third-order valence-corrected chi connectivity index (χ3v) is 1.64. The van der Waals surface area contributed by atoms with E-state index in [-0.39, 0.29) is 0 Å². The number of nitrogens with one attached hydrogen (secondary N) is 1. The molecular formula is C8H6F3NO3. The third-order valence-electron chi connectivity index (χ3n) is 1.64. The second-order valence-corrected chi connectivity index (χ2v) is 2.75. The molecule has 2 N–H and O–H groups in total. The molecule has 0 bridgehead atoms. The van der Waals surface area contributed by atoms with E-state index in [4.69, 9.17) is 5.11 Å². The number of pyridine rings is 1. The van der Waals surface area contributed by atoms with Crippen molar-refractivity contribution >= 4 is 5.97 Å². The molecule has 0 unspecified atom stereocenters. The fraction of sp³-hybridized carbons (Fsp3) is 0.250. The highest BCUT2D eigenvalue weighted by Crippen LogP contribution is 2.21. The van der Waals surface area contributed by atoms with Gasteiger partial charge in [0.1, 0.15) is 0 Å². The second kappa shape index (κ2) is 4.16. The summed E-state index contributed by atoms with van der Waals surface area (Å²) < 4.78 is 37.5. The van der Waals surface area contributed by atoms with Gasteiger partial charge in [0, 0.05) is 6.07 Å². The van der Waals surface area contributed by atoms with Gasteiger partial charge in [-0.1, -0.05) is 0 Å². The van der Waals surface area contributed by atoms with Gasteiger partial charge in [-0.15, -0.1) is 0 Å². The molecule has 1 aromatic rings. The molecule has 4 nitrogen and oxygen atoms in total. The summed E-state index contributed by atoms with van der Waals surface area (Å²) in [4.78, 5) is 22.9. The average molecular weight is 221 g/mol. The van der Waals surface area contributed by atoms with Crippen molar-refractivity contribution in [1.29, 1.82) is 0 Å². The predicted octanol–water partition coefficient (Wildman–Crippen LogP) is 1.08. The first-order valence-corrected chi connectivity index (χ1v) is 3.83. The molecule has 0 aromatic carbocycles. The van der Waals surface area contributed by atoms with Gasteiger partial charge in [-0.05, 0) is 0 Å². The summed E-state index contributed by atoms with van der Waals surface area (Å²) in [5.74, 6) is -2.80. The smallest absolute Gasteiger partial charge is 0.309 e.